The first-order valence-electron chi connectivity index (χ1n) is 9.53. The Balaban J connectivity index is 1.36. The van der Waals surface area contributed by atoms with Crippen LogP contribution < -0.4 is 15.0 Å². The zero-order valence-electron chi connectivity index (χ0n) is 16.3. The van der Waals surface area contributed by atoms with E-state index in [0.29, 0.717) is 12.1 Å². The minimum atomic E-state index is -0.193. The summed E-state index contributed by atoms with van der Waals surface area (Å²) >= 11 is 1.49. The molecule has 1 fully saturated rings. The average Bonchev–Trinajstić information content (AvgIpc) is 3.24. The molecule has 3 aromatic rings. The number of benzene rings is 2. The molecule has 0 bridgehead atoms. The van der Waals surface area contributed by atoms with E-state index in [0.717, 1.165) is 54.0 Å². The summed E-state index contributed by atoms with van der Waals surface area (Å²) in [7, 11) is 1.65. The van der Waals surface area contributed by atoms with Crippen LogP contribution in [-0.2, 0) is 11.2 Å². The molecule has 1 aromatic heterocycles. The van der Waals surface area contributed by atoms with E-state index >= 15 is 0 Å². The highest BCUT2D eigenvalue weighted by atomic mass is 32.1. The van der Waals surface area contributed by atoms with Crippen molar-refractivity contribution in [3.8, 4) is 5.75 Å². The first-order valence-corrected chi connectivity index (χ1v) is 10.4. The van der Waals surface area contributed by atoms with Crippen LogP contribution in [0.25, 0.3) is 0 Å². The fourth-order valence-electron chi connectivity index (χ4n) is 3.19. The maximum absolute atomic E-state index is 12.5. The molecule has 2 heterocycles. The van der Waals surface area contributed by atoms with Gasteiger partial charge in [0.1, 0.15) is 11.4 Å². The van der Waals surface area contributed by atoms with E-state index in [1.807, 2.05) is 48.5 Å². The number of anilines is 2. The van der Waals surface area contributed by atoms with E-state index in [1.54, 1.807) is 12.5 Å². The lowest BCUT2D eigenvalue weighted by atomic mass is 10.1. The molecule has 7 heteroatoms. The van der Waals surface area contributed by atoms with Gasteiger partial charge in [0.15, 0.2) is 0 Å². The van der Waals surface area contributed by atoms with Crippen LogP contribution in [0.1, 0.15) is 21.1 Å². The van der Waals surface area contributed by atoms with Crippen molar-refractivity contribution in [1.29, 1.82) is 0 Å². The van der Waals surface area contributed by atoms with Crippen molar-refractivity contribution < 1.29 is 14.3 Å². The van der Waals surface area contributed by atoms with Crippen LogP contribution in [0.2, 0.25) is 0 Å². The molecular formula is C22H23N3O3S. The van der Waals surface area contributed by atoms with Gasteiger partial charge in [0, 0.05) is 36.3 Å². The summed E-state index contributed by atoms with van der Waals surface area (Å²) in [5.41, 5.74) is 3.47. The normalized spacial score (nSPS) is 13.9. The molecule has 0 spiro atoms. The third-order valence-corrected chi connectivity index (χ3v) is 5.65. The number of ether oxygens (including phenoxy) is 2. The third-order valence-electron chi connectivity index (χ3n) is 4.80. The predicted octanol–water partition coefficient (Wildman–Crippen LogP) is 3.83. The number of hydrogen-bond donors (Lipinski definition) is 1. The van der Waals surface area contributed by atoms with E-state index < -0.39 is 0 Å². The van der Waals surface area contributed by atoms with Gasteiger partial charge in [0.2, 0.25) is 0 Å². The van der Waals surface area contributed by atoms with Gasteiger partial charge in [-0.3, -0.25) is 4.79 Å². The molecule has 150 valence electrons. The van der Waals surface area contributed by atoms with Crippen molar-refractivity contribution in [3.05, 3.63) is 70.2 Å². The topological polar surface area (TPSA) is 63.7 Å². The molecule has 1 aliphatic heterocycles. The average molecular weight is 410 g/mol. The number of rotatable bonds is 6. The Morgan fingerprint density at radius 3 is 2.55 bits per heavy atom. The molecule has 1 N–H and O–H groups in total. The van der Waals surface area contributed by atoms with Crippen LogP contribution in [0.5, 0.6) is 5.75 Å². The Labute approximate surface area is 174 Å². The second-order valence-electron chi connectivity index (χ2n) is 6.75. The first kappa shape index (κ1) is 19.4. The Hall–Kier alpha value is -2.90. The summed E-state index contributed by atoms with van der Waals surface area (Å²) < 4.78 is 10.6. The summed E-state index contributed by atoms with van der Waals surface area (Å²) in [5, 5.41) is 5.63. The molecule has 0 aliphatic carbocycles. The van der Waals surface area contributed by atoms with Crippen molar-refractivity contribution in [2.75, 3.05) is 43.6 Å². The monoisotopic (exact) mass is 409 g/mol. The van der Waals surface area contributed by atoms with E-state index in [2.05, 4.69) is 15.2 Å². The molecule has 1 aliphatic rings. The van der Waals surface area contributed by atoms with E-state index in [9.17, 15) is 4.79 Å². The Kier molecular flexibility index (Phi) is 6.07. The minimum Gasteiger partial charge on any atom is -0.497 e. The number of thiazole rings is 1. The van der Waals surface area contributed by atoms with Gasteiger partial charge in [-0.2, -0.15) is 0 Å². The molecular weight excluding hydrogens is 386 g/mol. The molecule has 0 saturated carbocycles. The SMILES string of the molecule is COc1ccc(Cc2nc(C(=O)Nc3ccc(N4CCOCC4)cc3)cs2)cc1. The van der Waals surface area contributed by atoms with Crippen LogP contribution in [0.4, 0.5) is 11.4 Å². The van der Waals surface area contributed by atoms with Gasteiger partial charge in [-0.05, 0) is 42.0 Å². The number of methoxy groups -OCH3 is 1. The largest absolute Gasteiger partial charge is 0.497 e. The van der Waals surface area contributed by atoms with Crippen molar-refractivity contribution in [2.45, 2.75) is 6.42 Å². The zero-order chi connectivity index (χ0) is 20.1. The number of amides is 1. The maximum atomic E-state index is 12.5. The standard InChI is InChI=1S/C22H23N3O3S/c1-27-19-8-2-16(3-9-19)14-21-24-20(15-29-21)22(26)23-17-4-6-18(7-5-17)25-10-12-28-13-11-25/h2-9,15H,10-14H2,1H3,(H,23,26). The van der Waals surface area contributed by atoms with Crippen LogP contribution >= 0.6 is 11.3 Å². The molecule has 0 unspecified atom stereocenters. The maximum Gasteiger partial charge on any atom is 0.275 e. The number of carbonyl (C=O) groups is 1. The lowest BCUT2D eigenvalue weighted by Crippen LogP contribution is -2.36. The van der Waals surface area contributed by atoms with Crippen LogP contribution in [0.3, 0.4) is 0 Å². The van der Waals surface area contributed by atoms with Gasteiger partial charge < -0.3 is 19.7 Å². The zero-order valence-corrected chi connectivity index (χ0v) is 17.1. The quantitative estimate of drug-likeness (QED) is 0.670. The fourth-order valence-corrected chi connectivity index (χ4v) is 4.00. The summed E-state index contributed by atoms with van der Waals surface area (Å²) in [6.07, 6.45) is 0.691. The summed E-state index contributed by atoms with van der Waals surface area (Å²) in [6.45, 7) is 3.28. The van der Waals surface area contributed by atoms with Crippen LogP contribution in [-0.4, -0.2) is 44.3 Å². The highest BCUT2D eigenvalue weighted by Gasteiger charge is 2.13. The number of morpholine rings is 1. The predicted molar refractivity (Wildman–Crippen MR) is 115 cm³/mol. The molecule has 1 saturated heterocycles. The lowest BCUT2D eigenvalue weighted by molar-refractivity contribution is 0.102. The molecule has 6 nitrogen and oxygen atoms in total. The Bertz CT molecular complexity index is 948. The smallest absolute Gasteiger partial charge is 0.275 e. The fraction of sp³-hybridized carbons (Fsp3) is 0.273. The second-order valence-corrected chi connectivity index (χ2v) is 7.69. The Morgan fingerprint density at radius 1 is 1.14 bits per heavy atom. The van der Waals surface area contributed by atoms with Crippen molar-refractivity contribution in [1.82, 2.24) is 4.98 Å². The molecule has 0 radical (unpaired) electrons. The van der Waals surface area contributed by atoms with Crippen LogP contribution in [0, 0.1) is 0 Å². The molecule has 0 atom stereocenters. The van der Waals surface area contributed by atoms with Gasteiger partial charge in [-0.25, -0.2) is 4.98 Å². The summed E-state index contributed by atoms with van der Waals surface area (Å²) in [6, 6.07) is 15.8. The van der Waals surface area contributed by atoms with Gasteiger partial charge in [0.05, 0.1) is 25.3 Å². The van der Waals surface area contributed by atoms with Crippen molar-refractivity contribution >= 4 is 28.6 Å². The highest BCUT2D eigenvalue weighted by molar-refractivity contribution is 7.09. The van der Waals surface area contributed by atoms with E-state index in [-0.39, 0.29) is 5.91 Å². The van der Waals surface area contributed by atoms with Gasteiger partial charge in [-0.15, -0.1) is 11.3 Å². The lowest BCUT2D eigenvalue weighted by Gasteiger charge is -2.28. The number of hydrogen-bond acceptors (Lipinski definition) is 6. The van der Waals surface area contributed by atoms with Crippen molar-refractivity contribution in [3.63, 3.8) is 0 Å². The van der Waals surface area contributed by atoms with E-state index in [1.165, 1.54) is 11.3 Å². The van der Waals surface area contributed by atoms with Crippen LogP contribution in [0.15, 0.2) is 53.9 Å². The summed E-state index contributed by atoms with van der Waals surface area (Å²) in [5.74, 6) is 0.633. The molecule has 29 heavy (non-hydrogen) atoms. The molecule has 4 rings (SSSR count). The second kappa shape index (κ2) is 9.07. The number of aromatic nitrogens is 1. The Morgan fingerprint density at radius 2 is 1.86 bits per heavy atom. The molecule has 2 aromatic carbocycles. The summed E-state index contributed by atoms with van der Waals surface area (Å²) in [4.78, 5) is 19.3. The van der Waals surface area contributed by atoms with Gasteiger partial charge in [-0.1, -0.05) is 12.1 Å². The third kappa shape index (κ3) is 4.93. The van der Waals surface area contributed by atoms with Gasteiger partial charge in [0.25, 0.3) is 5.91 Å². The van der Waals surface area contributed by atoms with Gasteiger partial charge >= 0.3 is 0 Å². The molecule has 1 amide bonds. The number of carbonyl (C=O) groups excluding carboxylic acids is 1. The number of nitrogens with zero attached hydrogens (tertiary/aromatic N) is 2. The van der Waals surface area contributed by atoms with E-state index in [4.69, 9.17) is 9.47 Å². The number of nitrogens with one attached hydrogen (secondary N) is 1. The van der Waals surface area contributed by atoms with Crippen molar-refractivity contribution in [2.24, 2.45) is 0 Å². The first-order chi connectivity index (χ1) is 14.2. The minimum absolute atomic E-state index is 0.193. The highest BCUT2D eigenvalue weighted by Crippen LogP contribution is 2.21.